The molecule has 1 rings (SSSR count). The average molecular weight is 288 g/mol. The van der Waals surface area contributed by atoms with Crippen LogP contribution in [0.4, 0.5) is 0 Å². The molecule has 1 atom stereocenters. The van der Waals surface area contributed by atoms with E-state index >= 15 is 0 Å². The molecule has 1 aromatic rings. The van der Waals surface area contributed by atoms with E-state index in [9.17, 15) is 0 Å². The Morgan fingerprint density at radius 3 is 2.12 bits per heavy atom. The molecule has 16 heavy (non-hydrogen) atoms. The maximum Gasteiger partial charge on any atom is 0.137 e. The first kappa shape index (κ1) is 13.3. The Balaban J connectivity index is 2.93. The van der Waals surface area contributed by atoms with Gasteiger partial charge in [-0.25, -0.2) is 0 Å². The predicted octanol–water partition coefficient (Wildman–Crippen LogP) is 2.75. The summed E-state index contributed by atoms with van der Waals surface area (Å²) in [6, 6.07) is 4.23. The summed E-state index contributed by atoms with van der Waals surface area (Å²) in [4.78, 5) is 0. The van der Waals surface area contributed by atoms with E-state index in [1.165, 1.54) is 5.56 Å². The number of aryl methyl sites for hydroxylation is 1. The smallest absolute Gasteiger partial charge is 0.137 e. The minimum Gasteiger partial charge on any atom is -0.495 e. The SMILES string of the molecule is COc1cc(CCC(C)N)cc(OC)c1Br. The molecule has 0 aliphatic carbocycles. The van der Waals surface area contributed by atoms with Crippen molar-refractivity contribution in [3.8, 4) is 11.5 Å². The van der Waals surface area contributed by atoms with Gasteiger partial charge >= 0.3 is 0 Å². The van der Waals surface area contributed by atoms with E-state index in [0.717, 1.165) is 28.8 Å². The van der Waals surface area contributed by atoms with Crippen LogP contribution >= 0.6 is 15.9 Å². The van der Waals surface area contributed by atoms with Crippen LogP contribution in [-0.4, -0.2) is 20.3 Å². The molecular weight excluding hydrogens is 270 g/mol. The molecule has 0 aliphatic heterocycles. The summed E-state index contributed by atoms with van der Waals surface area (Å²) in [7, 11) is 3.30. The van der Waals surface area contributed by atoms with Gasteiger partial charge in [-0.15, -0.1) is 0 Å². The molecule has 4 heteroatoms. The van der Waals surface area contributed by atoms with Crippen molar-refractivity contribution >= 4 is 15.9 Å². The Bertz CT molecular complexity index is 328. The zero-order valence-electron chi connectivity index (χ0n) is 9.92. The van der Waals surface area contributed by atoms with Gasteiger partial charge in [-0.2, -0.15) is 0 Å². The van der Waals surface area contributed by atoms with E-state index in [4.69, 9.17) is 15.2 Å². The molecule has 3 nitrogen and oxygen atoms in total. The molecule has 90 valence electrons. The second kappa shape index (κ2) is 6.11. The lowest BCUT2D eigenvalue weighted by atomic mass is 10.1. The van der Waals surface area contributed by atoms with Crippen LogP contribution in [0.5, 0.6) is 11.5 Å². The molecule has 0 radical (unpaired) electrons. The van der Waals surface area contributed by atoms with Crippen LogP contribution in [0.1, 0.15) is 18.9 Å². The van der Waals surface area contributed by atoms with E-state index in [1.807, 2.05) is 19.1 Å². The standard InChI is InChI=1S/C12H18BrNO2/c1-8(14)4-5-9-6-10(15-2)12(13)11(7-9)16-3/h6-8H,4-5,14H2,1-3H3. The number of ether oxygens (including phenoxy) is 2. The topological polar surface area (TPSA) is 44.5 Å². The fourth-order valence-corrected chi connectivity index (χ4v) is 2.01. The lowest BCUT2D eigenvalue weighted by molar-refractivity contribution is 0.388. The fraction of sp³-hybridized carbons (Fsp3) is 0.500. The third-order valence-electron chi connectivity index (χ3n) is 2.39. The average Bonchev–Trinajstić information content (AvgIpc) is 2.27. The Morgan fingerprint density at radius 2 is 1.75 bits per heavy atom. The van der Waals surface area contributed by atoms with Gasteiger partial charge in [0.15, 0.2) is 0 Å². The lowest BCUT2D eigenvalue weighted by Crippen LogP contribution is -2.15. The van der Waals surface area contributed by atoms with Gasteiger partial charge in [-0.1, -0.05) is 0 Å². The summed E-state index contributed by atoms with van der Waals surface area (Å²) in [5, 5.41) is 0. The molecule has 0 fully saturated rings. The van der Waals surface area contributed by atoms with Crippen molar-refractivity contribution in [3.05, 3.63) is 22.2 Å². The van der Waals surface area contributed by atoms with Crippen molar-refractivity contribution in [2.75, 3.05) is 14.2 Å². The van der Waals surface area contributed by atoms with Gasteiger partial charge in [0.1, 0.15) is 16.0 Å². The van der Waals surface area contributed by atoms with Crippen molar-refractivity contribution in [1.29, 1.82) is 0 Å². The van der Waals surface area contributed by atoms with E-state index in [1.54, 1.807) is 14.2 Å². The summed E-state index contributed by atoms with van der Waals surface area (Å²) in [5.41, 5.74) is 6.91. The molecule has 0 bridgehead atoms. The molecule has 0 heterocycles. The van der Waals surface area contributed by atoms with Crippen LogP contribution in [0.15, 0.2) is 16.6 Å². The highest BCUT2D eigenvalue weighted by Crippen LogP contribution is 2.35. The maximum atomic E-state index is 5.74. The Labute approximate surface area is 105 Å². The predicted molar refractivity (Wildman–Crippen MR) is 69.2 cm³/mol. The van der Waals surface area contributed by atoms with Crippen molar-refractivity contribution in [1.82, 2.24) is 0 Å². The van der Waals surface area contributed by atoms with Crippen molar-refractivity contribution in [2.24, 2.45) is 5.73 Å². The highest BCUT2D eigenvalue weighted by atomic mass is 79.9. The minimum atomic E-state index is 0.209. The van der Waals surface area contributed by atoms with Crippen LogP contribution in [-0.2, 0) is 6.42 Å². The normalized spacial score (nSPS) is 12.3. The minimum absolute atomic E-state index is 0.209. The lowest BCUT2D eigenvalue weighted by Gasteiger charge is -2.12. The van der Waals surface area contributed by atoms with E-state index in [-0.39, 0.29) is 6.04 Å². The largest absolute Gasteiger partial charge is 0.495 e. The van der Waals surface area contributed by atoms with E-state index in [2.05, 4.69) is 15.9 Å². The molecule has 1 aromatic carbocycles. The van der Waals surface area contributed by atoms with Crippen LogP contribution < -0.4 is 15.2 Å². The first-order chi connectivity index (χ1) is 7.58. The van der Waals surface area contributed by atoms with Crippen LogP contribution in [0.2, 0.25) is 0 Å². The first-order valence-corrected chi connectivity index (χ1v) is 6.03. The molecule has 0 aromatic heterocycles. The Morgan fingerprint density at radius 1 is 1.25 bits per heavy atom. The molecule has 2 N–H and O–H groups in total. The molecule has 0 saturated heterocycles. The Kier molecular flexibility index (Phi) is 5.09. The van der Waals surface area contributed by atoms with E-state index in [0.29, 0.717) is 0 Å². The van der Waals surface area contributed by atoms with Crippen molar-refractivity contribution in [2.45, 2.75) is 25.8 Å². The second-order valence-corrected chi connectivity index (χ2v) is 4.62. The molecule has 0 amide bonds. The second-order valence-electron chi connectivity index (χ2n) is 3.83. The van der Waals surface area contributed by atoms with Crippen LogP contribution in [0.3, 0.4) is 0 Å². The third-order valence-corrected chi connectivity index (χ3v) is 3.18. The zero-order chi connectivity index (χ0) is 12.1. The van der Waals surface area contributed by atoms with Gasteiger partial charge in [0.2, 0.25) is 0 Å². The number of nitrogens with two attached hydrogens (primary N) is 1. The van der Waals surface area contributed by atoms with E-state index < -0.39 is 0 Å². The number of hydrogen-bond donors (Lipinski definition) is 1. The van der Waals surface area contributed by atoms with Gasteiger partial charge < -0.3 is 15.2 Å². The highest BCUT2D eigenvalue weighted by Gasteiger charge is 2.10. The van der Waals surface area contributed by atoms with Gasteiger partial charge in [-0.3, -0.25) is 0 Å². The summed E-state index contributed by atoms with van der Waals surface area (Å²) in [5.74, 6) is 1.58. The monoisotopic (exact) mass is 287 g/mol. The van der Waals surface area contributed by atoms with Crippen molar-refractivity contribution in [3.63, 3.8) is 0 Å². The molecule has 1 unspecified atom stereocenters. The summed E-state index contributed by atoms with van der Waals surface area (Å²) in [6.45, 7) is 2.01. The Hall–Kier alpha value is -0.740. The maximum absolute atomic E-state index is 5.74. The summed E-state index contributed by atoms with van der Waals surface area (Å²) < 4.78 is 11.4. The molecule has 0 aliphatic rings. The van der Waals surface area contributed by atoms with Crippen LogP contribution in [0, 0.1) is 0 Å². The van der Waals surface area contributed by atoms with Gasteiger partial charge in [-0.05, 0) is 53.4 Å². The first-order valence-electron chi connectivity index (χ1n) is 5.24. The third kappa shape index (κ3) is 3.39. The number of rotatable bonds is 5. The summed E-state index contributed by atoms with van der Waals surface area (Å²) >= 11 is 3.44. The fourth-order valence-electron chi connectivity index (χ4n) is 1.46. The highest BCUT2D eigenvalue weighted by molar-refractivity contribution is 9.10. The number of methoxy groups -OCH3 is 2. The van der Waals surface area contributed by atoms with Gasteiger partial charge in [0.25, 0.3) is 0 Å². The number of hydrogen-bond acceptors (Lipinski definition) is 3. The molecular formula is C12H18BrNO2. The quantitative estimate of drug-likeness (QED) is 0.906. The zero-order valence-corrected chi connectivity index (χ0v) is 11.5. The summed E-state index contributed by atoms with van der Waals surface area (Å²) in [6.07, 6.45) is 1.88. The molecule has 0 saturated carbocycles. The molecule has 0 spiro atoms. The number of benzene rings is 1. The van der Waals surface area contributed by atoms with Crippen LogP contribution in [0.25, 0.3) is 0 Å². The van der Waals surface area contributed by atoms with Gasteiger partial charge in [0.05, 0.1) is 14.2 Å². The van der Waals surface area contributed by atoms with Gasteiger partial charge in [0, 0.05) is 6.04 Å². The van der Waals surface area contributed by atoms with Crippen molar-refractivity contribution < 1.29 is 9.47 Å². The number of halogens is 1.